The third-order valence-electron chi connectivity index (χ3n) is 3.21. The van der Waals surface area contributed by atoms with Crippen LogP contribution >= 0.6 is 11.6 Å². The smallest absolute Gasteiger partial charge is 0.256 e. The Hall–Kier alpha value is -2.21. The summed E-state index contributed by atoms with van der Waals surface area (Å²) in [6, 6.07) is 10.8. The molecular weight excluding hydrogens is 326 g/mol. The zero-order chi connectivity index (χ0) is 16.8. The van der Waals surface area contributed by atoms with Crippen LogP contribution in [0.2, 0.25) is 5.02 Å². The van der Waals surface area contributed by atoms with Gasteiger partial charge in [0.1, 0.15) is 0 Å². The Morgan fingerprint density at radius 3 is 2.65 bits per heavy atom. The van der Waals surface area contributed by atoms with E-state index in [2.05, 4.69) is 0 Å². The highest BCUT2D eigenvalue weighted by Crippen LogP contribution is 2.21. The lowest BCUT2D eigenvalue weighted by molar-refractivity contribution is -0.119. The van der Waals surface area contributed by atoms with E-state index in [0.717, 1.165) is 4.90 Å². The predicted molar refractivity (Wildman–Crippen MR) is 85.1 cm³/mol. The Kier molecular flexibility index (Phi) is 5.87. The molecule has 2 aromatic rings. The summed E-state index contributed by atoms with van der Waals surface area (Å²) in [6.07, 6.45) is -1.19. The maximum absolute atomic E-state index is 12.8. The first-order valence-electron chi connectivity index (χ1n) is 6.97. The van der Waals surface area contributed by atoms with Crippen LogP contribution in [0.1, 0.15) is 6.42 Å². The van der Waals surface area contributed by atoms with Crippen LogP contribution in [-0.4, -0.2) is 23.4 Å². The molecule has 1 aromatic heterocycles. The number of carbonyl (C=O) groups excluding carboxylic acids is 1. The van der Waals surface area contributed by atoms with Crippen molar-refractivity contribution in [3.05, 3.63) is 64.0 Å². The molecule has 0 aliphatic carbocycles. The molecule has 2 rings (SSSR count). The molecule has 1 amide bonds. The van der Waals surface area contributed by atoms with Gasteiger partial charge in [0.15, 0.2) is 0 Å². The van der Waals surface area contributed by atoms with Gasteiger partial charge in [0.05, 0.1) is 6.54 Å². The van der Waals surface area contributed by atoms with E-state index in [1.165, 1.54) is 16.7 Å². The van der Waals surface area contributed by atoms with Gasteiger partial charge < -0.3 is 9.47 Å². The second kappa shape index (κ2) is 7.87. The van der Waals surface area contributed by atoms with Crippen molar-refractivity contribution in [2.45, 2.75) is 19.4 Å². The molecule has 0 fully saturated rings. The number of rotatable bonds is 6. The first kappa shape index (κ1) is 17.1. The fourth-order valence-electron chi connectivity index (χ4n) is 2.13. The van der Waals surface area contributed by atoms with Crippen molar-refractivity contribution in [2.75, 3.05) is 11.4 Å². The van der Waals surface area contributed by atoms with Crippen molar-refractivity contribution in [1.29, 1.82) is 0 Å². The minimum atomic E-state index is -2.67. The third-order valence-corrected chi connectivity index (χ3v) is 3.44. The number of hydrogen-bond donors (Lipinski definition) is 0. The summed E-state index contributed by atoms with van der Waals surface area (Å²) < 4.78 is 26.9. The number of hydrogen-bond acceptors (Lipinski definition) is 2. The van der Waals surface area contributed by atoms with E-state index in [9.17, 15) is 18.4 Å². The van der Waals surface area contributed by atoms with Crippen molar-refractivity contribution in [2.24, 2.45) is 0 Å². The second-order valence-corrected chi connectivity index (χ2v) is 5.29. The highest BCUT2D eigenvalue weighted by atomic mass is 35.5. The zero-order valence-electron chi connectivity index (χ0n) is 12.2. The van der Waals surface area contributed by atoms with Gasteiger partial charge in [0.25, 0.3) is 12.0 Å². The van der Waals surface area contributed by atoms with Crippen molar-refractivity contribution in [3.63, 3.8) is 0 Å². The van der Waals surface area contributed by atoms with Gasteiger partial charge in [-0.15, -0.1) is 0 Å². The van der Waals surface area contributed by atoms with Crippen LogP contribution in [0.25, 0.3) is 0 Å². The van der Waals surface area contributed by atoms with Crippen molar-refractivity contribution in [3.8, 4) is 0 Å². The number of aromatic nitrogens is 1. The Balaban J connectivity index is 2.14. The predicted octanol–water partition coefficient (Wildman–Crippen LogP) is 3.19. The van der Waals surface area contributed by atoms with Crippen LogP contribution in [0.4, 0.5) is 14.5 Å². The molecule has 0 spiro atoms. The Morgan fingerprint density at radius 1 is 1.22 bits per heavy atom. The summed E-state index contributed by atoms with van der Waals surface area (Å²) in [5.41, 5.74) is 0.0617. The minimum absolute atomic E-state index is 0.0663. The lowest BCUT2D eigenvalue weighted by atomic mass is 10.2. The fourth-order valence-corrected chi connectivity index (χ4v) is 2.31. The number of benzene rings is 1. The number of pyridine rings is 1. The average Bonchev–Trinajstić information content (AvgIpc) is 2.51. The number of aryl methyl sites for hydroxylation is 1. The van der Waals surface area contributed by atoms with Crippen LogP contribution < -0.4 is 10.5 Å². The van der Waals surface area contributed by atoms with E-state index < -0.39 is 18.9 Å². The number of amides is 1. The van der Waals surface area contributed by atoms with Crippen LogP contribution in [-0.2, 0) is 11.3 Å². The van der Waals surface area contributed by atoms with Crippen LogP contribution in [0.3, 0.4) is 0 Å². The van der Waals surface area contributed by atoms with Gasteiger partial charge in [-0.2, -0.15) is 0 Å². The van der Waals surface area contributed by atoms with Gasteiger partial charge >= 0.3 is 0 Å². The van der Waals surface area contributed by atoms with Gasteiger partial charge in [-0.1, -0.05) is 23.7 Å². The largest absolute Gasteiger partial charge is 0.315 e. The average molecular weight is 341 g/mol. The molecule has 0 unspecified atom stereocenters. The molecular formula is C16H15ClF2N2O2. The van der Waals surface area contributed by atoms with Gasteiger partial charge in [0.2, 0.25) is 5.91 Å². The van der Waals surface area contributed by atoms with Crippen molar-refractivity contribution < 1.29 is 13.6 Å². The first-order chi connectivity index (χ1) is 11.0. The van der Waals surface area contributed by atoms with Gasteiger partial charge in [-0.25, -0.2) is 8.78 Å². The lowest BCUT2D eigenvalue weighted by Gasteiger charge is -2.23. The molecule has 1 heterocycles. The van der Waals surface area contributed by atoms with E-state index in [1.807, 2.05) is 0 Å². The number of halogens is 3. The summed E-state index contributed by atoms with van der Waals surface area (Å²) in [4.78, 5) is 24.9. The monoisotopic (exact) mass is 340 g/mol. The summed E-state index contributed by atoms with van der Waals surface area (Å²) in [5, 5.41) is 0.355. The summed E-state index contributed by atoms with van der Waals surface area (Å²) >= 11 is 5.85. The van der Waals surface area contributed by atoms with Crippen LogP contribution in [0.15, 0.2) is 53.5 Å². The quantitative estimate of drug-likeness (QED) is 0.810. The summed E-state index contributed by atoms with van der Waals surface area (Å²) in [6.45, 7) is -0.596. The van der Waals surface area contributed by atoms with E-state index in [1.54, 1.807) is 36.5 Å². The third kappa shape index (κ3) is 4.89. The molecule has 0 N–H and O–H groups in total. The second-order valence-electron chi connectivity index (χ2n) is 4.86. The Labute approximate surface area is 136 Å². The number of nitrogens with zero attached hydrogens (tertiary/aromatic N) is 2. The van der Waals surface area contributed by atoms with Crippen LogP contribution in [0, 0.1) is 0 Å². The fraction of sp³-hybridized carbons (Fsp3) is 0.250. The molecule has 0 radical (unpaired) electrons. The van der Waals surface area contributed by atoms with Gasteiger partial charge in [-0.05, 0) is 24.3 Å². The Morgan fingerprint density at radius 2 is 2.00 bits per heavy atom. The van der Waals surface area contributed by atoms with Crippen molar-refractivity contribution >= 4 is 23.2 Å². The molecule has 0 atom stereocenters. The zero-order valence-corrected chi connectivity index (χ0v) is 12.9. The molecule has 122 valence electrons. The lowest BCUT2D eigenvalue weighted by Crippen LogP contribution is -2.36. The van der Waals surface area contributed by atoms with E-state index in [4.69, 9.17) is 11.6 Å². The maximum Gasteiger partial charge on any atom is 0.256 e. The number of carbonyl (C=O) groups is 1. The van der Waals surface area contributed by atoms with Crippen molar-refractivity contribution in [1.82, 2.24) is 4.57 Å². The molecule has 0 aliphatic rings. The van der Waals surface area contributed by atoms with Gasteiger partial charge in [0, 0.05) is 35.9 Å². The topological polar surface area (TPSA) is 42.3 Å². The van der Waals surface area contributed by atoms with Crippen LogP contribution in [0.5, 0.6) is 0 Å². The van der Waals surface area contributed by atoms with E-state index >= 15 is 0 Å². The standard InChI is InChI=1S/C16H15ClF2N2O2/c17-12-4-3-5-13(10-12)21(11-14(18)19)16(23)7-9-20-8-2-1-6-15(20)22/h1-6,8,10,14H,7,9,11H2. The molecule has 4 nitrogen and oxygen atoms in total. The number of anilines is 1. The Bertz CT molecular complexity index is 734. The molecule has 7 heteroatoms. The normalized spacial score (nSPS) is 10.8. The summed E-state index contributed by atoms with van der Waals surface area (Å²) in [5.74, 6) is -0.497. The highest BCUT2D eigenvalue weighted by Gasteiger charge is 2.20. The molecule has 0 aliphatic heterocycles. The molecule has 0 saturated carbocycles. The number of alkyl halides is 2. The maximum atomic E-state index is 12.8. The minimum Gasteiger partial charge on any atom is -0.315 e. The molecule has 1 aromatic carbocycles. The molecule has 0 saturated heterocycles. The highest BCUT2D eigenvalue weighted by molar-refractivity contribution is 6.30. The molecule has 0 bridgehead atoms. The summed E-state index contributed by atoms with van der Waals surface area (Å²) in [7, 11) is 0. The SMILES string of the molecule is O=C(CCn1ccccc1=O)N(CC(F)F)c1cccc(Cl)c1. The van der Waals surface area contributed by atoms with E-state index in [-0.39, 0.29) is 18.5 Å². The van der Waals surface area contributed by atoms with Gasteiger partial charge in [-0.3, -0.25) is 9.59 Å². The molecule has 23 heavy (non-hydrogen) atoms. The van der Waals surface area contributed by atoms with E-state index in [0.29, 0.717) is 10.7 Å². The first-order valence-corrected chi connectivity index (χ1v) is 7.34.